The Kier molecular flexibility index (Phi) is 8.24. The number of rotatable bonds is 12. The lowest BCUT2D eigenvalue weighted by Gasteiger charge is -2.15. The SMILES string of the molecule is O=C(CSc1ccncc1)NCCCCC(NS(=O)(=O)c1ccc2oc3ccccc3c2c1)C(=O)O. The summed E-state index contributed by atoms with van der Waals surface area (Å²) in [6.07, 6.45) is 4.34. The van der Waals surface area contributed by atoms with Crippen LogP contribution in [-0.2, 0) is 19.6 Å². The van der Waals surface area contributed by atoms with Crippen LogP contribution in [0.2, 0.25) is 0 Å². The van der Waals surface area contributed by atoms with Gasteiger partial charge in [-0.3, -0.25) is 14.6 Å². The van der Waals surface area contributed by atoms with Gasteiger partial charge < -0.3 is 14.8 Å². The summed E-state index contributed by atoms with van der Waals surface area (Å²) in [5, 5.41) is 13.8. The van der Waals surface area contributed by atoms with Crippen molar-refractivity contribution in [2.24, 2.45) is 0 Å². The van der Waals surface area contributed by atoms with Crippen LogP contribution in [0.4, 0.5) is 0 Å². The highest BCUT2D eigenvalue weighted by atomic mass is 32.2. The third kappa shape index (κ3) is 6.42. The molecule has 3 N–H and O–H groups in total. The van der Waals surface area contributed by atoms with Gasteiger partial charge in [-0.2, -0.15) is 4.72 Å². The van der Waals surface area contributed by atoms with Crippen LogP contribution in [0.5, 0.6) is 0 Å². The number of furan rings is 1. The number of hydrogen-bond donors (Lipinski definition) is 3. The smallest absolute Gasteiger partial charge is 0.321 e. The number of carboxylic acid groups (broad SMARTS) is 1. The predicted octanol–water partition coefficient (Wildman–Crippen LogP) is 3.79. The first-order valence-corrected chi connectivity index (χ1v) is 13.8. The van der Waals surface area contributed by atoms with Gasteiger partial charge in [-0.1, -0.05) is 18.2 Å². The summed E-state index contributed by atoms with van der Waals surface area (Å²) in [7, 11) is -4.08. The van der Waals surface area contributed by atoms with Crippen molar-refractivity contribution in [1.29, 1.82) is 0 Å². The Bertz CT molecular complexity index is 1470. The van der Waals surface area contributed by atoms with E-state index < -0.39 is 22.0 Å². The van der Waals surface area contributed by atoms with Crippen molar-refractivity contribution in [3.05, 3.63) is 67.0 Å². The second-order valence-corrected chi connectivity index (χ2v) is 10.8. The number of thioether (sulfide) groups is 1. The van der Waals surface area contributed by atoms with Crippen molar-refractivity contribution < 1.29 is 27.5 Å². The van der Waals surface area contributed by atoms with Gasteiger partial charge in [0.15, 0.2) is 0 Å². The van der Waals surface area contributed by atoms with E-state index in [1.54, 1.807) is 24.5 Å². The van der Waals surface area contributed by atoms with Gasteiger partial charge in [0.2, 0.25) is 15.9 Å². The highest BCUT2D eigenvalue weighted by Gasteiger charge is 2.25. The maximum Gasteiger partial charge on any atom is 0.321 e. The molecule has 188 valence electrons. The molecule has 1 atom stereocenters. The number of carbonyl (C=O) groups is 2. The zero-order chi connectivity index (χ0) is 25.5. The molecule has 2 aromatic heterocycles. The number of hydrogen-bond acceptors (Lipinski definition) is 7. The van der Waals surface area contributed by atoms with Gasteiger partial charge in [0.25, 0.3) is 0 Å². The number of fused-ring (bicyclic) bond motifs is 3. The summed E-state index contributed by atoms with van der Waals surface area (Å²) in [5.41, 5.74) is 1.19. The normalized spacial score (nSPS) is 12.6. The minimum atomic E-state index is -4.08. The van der Waals surface area contributed by atoms with Gasteiger partial charge in [0.1, 0.15) is 17.2 Å². The highest BCUT2D eigenvalue weighted by molar-refractivity contribution is 8.00. The van der Waals surface area contributed by atoms with Crippen molar-refractivity contribution in [3.63, 3.8) is 0 Å². The minimum absolute atomic E-state index is 0.0354. The molecule has 0 aliphatic carbocycles. The Morgan fingerprint density at radius 1 is 1.00 bits per heavy atom. The molecule has 0 bridgehead atoms. The molecular formula is C25H25N3O6S2. The average Bonchev–Trinajstić information content (AvgIpc) is 3.25. The van der Waals surface area contributed by atoms with Gasteiger partial charge in [-0.05, 0) is 55.7 Å². The van der Waals surface area contributed by atoms with E-state index in [1.165, 1.54) is 23.9 Å². The Labute approximate surface area is 212 Å². The molecule has 0 saturated carbocycles. The fourth-order valence-electron chi connectivity index (χ4n) is 3.70. The van der Waals surface area contributed by atoms with Crippen molar-refractivity contribution >= 4 is 55.6 Å². The van der Waals surface area contributed by atoms with Gasteiger partial charge in [0.05, 0.1) is 10.6 Å². The Hall–Kier alpha value is -3.41. The predicted molar refractivity (Wildman–Crippen MR) is 137 cm³/mol. The molecule has 0 saturated heterocycles. The first-order chi connectivity index (χ1) is 17.3. The molecule has 1 amide bonds. The second-order valence-electron chi connectivity index (χ2n) is 8.09. The van der Waals surface area contributed by atoms with Gasteiger partial charge in [-0.25, -0.2) is 8.42 Å². The fourth-order valence-corrected chi connectivity index (χ4v) is 5.66. The Morgan fingerprint density at radius 3 is 2.53 bits per heavy atom. The fraction of sp³-hybridized carbons (Fsp3) is 0.240. The molecule has 0 aliphatic rings. The van der Waals surface area contributed by atoms with E-state index in [-0.39, 0.29) is 23.0 Å². The largest absolute Gasteiger partial charge is 0.480 e. The number of aliphatic carboxylic acids is 1. The van der Waals surface area contributed by atoms with E-state index in [1.807, 2.05) is 30.3 Å². The van der Waals surface area contributed by atoms with E-state index in [4.69, 9.17) is 4.42 Å². The summed E-state index contributed by atoms with van der Waals surface area (Å²) in [6.45, 7) is 0.374. The highest BCUT2D eigenvalue weighted by Crippen LogP contribution is 2.30. The maximum absolute atomic E-state index is 12.9. The Morgan fingerprint density at radius 2 is 1.75 bits per heavy atom. The number of pyridine rings is 1. The third-order valence-corrected chi connectivity index (χ3v) is 8.00. The Balaban J connectivity index is 1.29. The van der Waals surface area contributed by atoms with E-state index in [9.17, 15) is 23.1 Å². The molecule has 9 nitrogen and oxygen atoms in total. The number of para-hydroxylation sites is 1. The zero-order valence-electron chi connectivity index (χ0n) is 19.2. The van der Waals surface area contributed by atoms with Crippen LogP contribution in [0.25, 0.3) is 21.9 Å². The molecule has 11 heteroatoms. The summed E-state index contributed by atoms with van der Waals surface area (Å²) < 4.78 is 33.9. The first-order valence-electron chi connectivity index (χ1n) is 11.3. The lowest BCUT2D eigenvalue weighted by molar-refractivity contribution is -0.139. The maximum atomic E-state index is 12.9. The van der Waals surface area contributed by atoms with Crippen molar-refractivity contribution in [1.82, 2.24) is 15.0 Å². The molecule has 36 heavy (non-hydrogen) atoms. The first kappa shape index (κ1) is 25.7. The quantitative estimate of drug-likeness (QED) is 0.187. The average molecular weight is 528 g/mol. The minimum Gasteiger partial charge on any atom is -0.480 e. The van der Waals surface area contributed by atoms with E-state index in [0.717, 1.165) is 10.3 Å². The molecule has 4 aromatic rings. The lowest BCUT2D eigenvalue weighted by Crippen LogP contribution is -2.40. The van der Waals surface area contributed by atoms with Gasteiger partial charge in [-0.15, -0.1) is 11.8 Å². The van der Waals surface area contributed by atoms with Gasteiger partial charge >= 0.3 is 5.97 Å². The molecule has 2 aromatic carbocycles. The van der Waals surface area contributed by atoms with Crippen LogP contribution < -0.4 is 10.0 Å². The summed E-state index contributed by atoms with van der Waals surface area (Å²) in [6, 6.07) is 14.1. The van der Waals surface area contributed by atoms with Crippen molar-refractivity contribution in [2.45, 2.75) is 35.1 Å². The molecule has 0 fully saturated rings. The zero-order valence-corrected chi connectivity index (χ0v) is 20.8. The van der Waals surface area contributed by atoms with Crippen LogP contribution in [0, 0.1) is 0 Å². The summed E-state index contributed by atoms with van der Waals surface area (Å²) in [5.74, 6) is -1.13. The van der Waals surface area contributed by atoms with E-state index in [0.29, 0.717) is 35.9 Å². The van der Waals surface area contributed by atoms with Crippen LogP contribution in [0.3, 0.4) is 0 Å². The number of nitrogens with one attached hydrogen (secondary N) is 2. The van der Waals surface area contributed by atoms with Gasteiger partial charge in [0, 0.05) is 34.6 Å². The summed E-state index contributed by atoms with van der Waals surface area (Å²) >= 11 is 1.39. The number of benzene rings is 2. The monoisotopic (exact) mass is 527 g/mol. The lowest BCUT2D eigenvalue weighted by atomic mass is 10.1. The van der Waals surface area contributed by atoms with E-state index >= 15 is 0 Å². The molecular weight excluding hydrogens is 502 g/mol. The standard InChI is InChI=1S/C25H25N3O6S2/c29-24(16-35-17-10-13-26-14-11-17)27-12-4-3-6-21(25(30)31)28-36(32,33)18-8-9-23-20(15-18)19-5-1-2-7-22(19)34-23/h1-2,5,7-11,13-15,21,28H,3-4,6,12,16H2,(H,27,29)(H,30,31). The van der Waals surface area contributed by atoms with Crippen molar-refractivity contribution in [3.8, 4) is 0 Å². The number of carboxylic acids is 1. The van der Waals surface area contributed by atoms with E-state index in [2.05, 4.69) is 15.0 Å². The molecule has 1 unspecified atom stereocenters. The number of sulfonamides is 1. The third-order valence-electron chi connectivity index (χ3n) is 5.52. The number of amides is 1. The number of carbonyl (C=O) groups excluding carboxylic acids is 1. The molecule has 0 spiro atoms. The van der Waals surface area contributed by atoms with Crippen LogP contribution >= 0.6 is 11.8 Å². The van der Waals surface area contributed by atoms with Crippen molar-refractivity contribution in [2.75, 3.05) is 12.3 Å². The number of aromatic nitrogens is 1. The number of unbranched alkanes of at least 4 members (excludes halogenated alkanes) is 1. The molecule has 2 heterocycles. The number of nitrogens with zero attached hydrogens (tertiary/aromatic N) is 1. The van der Waals surface area contributed by atoms with Crippen LogP contribution in [0.15, 0.2) is 81.2 Å². The molecule has 0 aliphatic heterocycles. The molecule has 0 radical (unpaired) electrons. The van der Waals surface area contributed by atoms with Crippen LogP contribution in [0.1, 0.15) is 19.3 Å². The molecule has 4 rings (SSSR count). The topological polar surface area (TPSA) is 139 Å². The van der Waals surface area contributed by atoms with Crippen LogP contribution in [-0.4, -0.2) is 48.7 Å². The summed E-state index contributed by atoms with van der Waals surface area (Å²) in [4.78, 5) is 28.5. The second kappa shape index (κ2) is 11.5.